The second-order valence-corrected chi connectivity index (χ2v) is 12.1. The van der Waals surface area contributed by atoms with Crippen molar-refractivity contribution in [3.05, 3.63) is 35.9 Å². The van der Waals surface area contributed by atoms with Crippen molar-refractivity contribution in [2.45, 2.75) is 55.9 Å². The Morgan fingerprint density at radius 2 is 1.93 bits per heavy atom. The van der Waals surface area contributed by atoms with Gasteiger partial charge >= 0.3 is 0 Å². The number of carbonyl (C=O) groups is 1. The maximum atomic E-state index is 12.6. The molecule has 4 fully saturated rings. The predicted octanol–water partition coefficient (Wildman–Crippen LogP) is 2.90. The zero-order valence-corrected chi connectivity index (χ0v) is 17.5. The number of thioether (sulfide) groups is 1. The van der Waals surface area contributed by atoms with Gasteiger partial charge in [-0.05, 0) is 43.1 Å². The second kappa shape index (κ2) is 7.17. The maximum Gasteiger partial charge on any atom is 0.248 e. The Kier molecular flexibility index (Phi) is 4.78. The van der Waals surface area contributed by atoms with Gasteiger partial charge in [-0.3, -0.25) is 4.79 Å². The molecule has 28 heavy (non-hydrogen) atoms. The number of benzene rings is 1. The Balaban J connectivity index is 1.35. The molecule has 5 nitrogen and oxygen atoms in total. The van der Waals surface area contributed by atoms with Crippen LogP contribution in [-0.4, -0.2) is 53.2 Å². The molecule has 5 rings (SSSR count). The summed E-state index contributed by atoms with van der Waals surface area (Å²) in [7, 11) is -2.98. The van der Waals surface area contributed by atoms with E-state index in [1.165, 1.54) is 31.0 Å². The van der Waals surface area contributed by atoms with E-state index in [4.69, 9.17) is 0 Å². The highest BCUT2D eigenvalue weighted by Gasteiger charge is 2.54. The molecular formula is C21H26N2O3S2. The minimum Gasteiger partial charge on any atom is -0.343 e. The fourth-order valence-corrected chi connectivity index (χ4v) is 9.58. The average Bonchev–Trinajstić information content (AvgIpc) is 3.40. The largest absolute Gasteiger partial charge is 0.343 e. The average molecular weight is 419 g/mol. The number of aliphatic imine (C=N–C) groups is 1. The van der Waals surface area contributed by atoms with Crippen LogP contribution in [-0.2, 0) is 21.1 Å². The van der Waals surface area contributed by atoms with E-state index < -0.39 is 9.84 Å². The highest BCUT2D eigenvalue weighted by atomic mass is 32.2. The van der Waals surface area contributed by atoms with Crippen molar-refractivity contribution in [3.63, 3.8) is 0 Å². The minimum atomic E-state index is -2.98. The van der Waals surface area contributed by atoms with Crippen LogP contribution in [0.5, 0.6) is 0 Å². The van der Waals surface area contributed by atoms with Crippen LogP contribution in [0.3, 0.4) is 0 Å². The lowest BCUT2D eigenvalue weighted by Gasteiger charge is -2.36. The van der Waals surface area contributed by atoms with E-state index in [0.717, 1.165) is 23.1 Å². The molecule has 1 aromatic carbocycles. The molecule has 2 heterocycles. The Bertz CT molecular complexity index is 899. The van der Waals surface area contributed by atoms with Gasteiger partial charge in [-0.1, -0.05) is 48.5 Å². The normalized spacial score (nSPS) is 36.9. The first-order chi connectivity index (χ1) is 13.5. The quantitative estimate of drug-likeness (QED) is 0.752. The molecule has 0 N–H and O–H groups in total. The van der Waals surface area contributed by atoms with E-state index in [-0.39, 0.29) is 28.7 Å². The first-order valence-electron chi connectivity index (χ1n) is 10.3. The number of sulfone groups is 1. The minimum absolute atomic E-state index is 0.0000216. The van der Waals surface area contributed by atoms with Gasteiger partial charge in [-0.2, -0.15) is 4.99 Å². The molecule has 2 saturated carbocycles. The van der Waals surface area contributed by atoms with Gasteiger partial charge in [0.15, 0.2) is 15.0 Å². The van der Waals surface area contributed by atoms with Crippen LogP contribution in [0.2, 0.25) is 0 Å². The zero-order valence-electron chi connectivity index (χ0n) is 15.9. The van der Waals surface area contributed by atoms with Gasteiger partial charge in [0, 0.05) is 17.7 Å². The van der Waals surface area contributed by atoms with E-state index in [9.17, 15) is 13.2 Å². The highest BCUT2D eigenvalue weighted by molar-refractivity contribution is 8.15. The van der Waals surface area contributed by atoms with Crippen molar-refractivity contribution in [1.29, 1.82) is 0 Å². The fourth-order valence-electron chi connectivity index (χ4n) is 5.59. The molecule has 0 aromatic heterocycles. The third-order valence-corrected chi connectivity index (χ3v) is 10.1. The standard InChI is InChI=1S/C21H26N2O3S2/c24-20(9-7-14-4-2-1-3-5-14)22-21-23(17-11-15-6-8-16(17)10-15)18-12-28(25,26)13-19(18)27-21/h1-5,15-19H,6-13H2/t15-,16-,17+,18-,19+/m0/s1. The molecule has 150 valence electrons. The Labute approximate surface area is 170 Å². The topological polar surface area (TPSA) is 66.8 Å². The van der Waals surface area contributed by atoms with Crippen LogP contribution in [0.4, 0.5) is 0 Å². The summed E-state index contributed by atoms with van der Waals surface area (Å²) < 4.78 is 24.4. The van der Waals surface area contributed by atoms with Crippen LogP contribution in [0.1, 0.15) is 37.7 Å². The summed E-state index contributed by atoms with van der Waals surface area (Å²) in [6.07, 6.45) is 6.01. The van der Waals surface area contributed by atoms with Crippen LogP contribution in [0.15, 0.2) is 35.3 Å². The molecule has 7 heteroatoms. The van der Waals surface area contributed by atoms with Crippen LogP contribution >= 0.6 is 11.8 Å². The summed E-state index contributed by atoms with van der Waals surface area (Å²) in [5.41, 5.74) is 1.14. The fraction of sp³-hybridized carbons (Fsp3) is 0.619. The molecule has 1 amide bonds. The van der Waals surface area contributed by atoms with Gasteiger partial charge in [0.05, 0.1) is 17.5 Å². The Hall–Kier alpha value is -1.34. The van der Waals surface area contributed by atoms with Crippen molar-refractivity contribution in [2.75, 3.05) is 11.5 Å². The number of hydrogen-bond acceptors (Lipinski definition) is 4. The monoisotopic (exact) mass is 418 g/mol. The van der Waals surface area contributed by atoms with Gasteiger partial charge in [-0.25, -0.2) is 8.42 Å². The van der Waals surface area contributed by atoms with E-state index in [0.29, 0.717) is 24.8 Å². The number of aryl methyl sites for hydroxylation is 1. The SMILES string of the molecule is O=C(CCc1ccccc1)N=C1S[C@@H]2CS(=O)(=O)C[C@@H]2N1[C@@H]1C[C@H]2CC[C@H]1C2. The molecule has 5 atom stereocenters. The number of carbonyl (C=O) groups excluding carboxylic acids is 1. The molecule has 2 aliphatic carbocycles. The van der Waals surface area contributed by atoms with Crippen molar-refractivity contribution in [2.24, 2.45) is 16.8 Å². The highest BCUT2D eigenvalue weighted by Crippen LogP contribution is 2.51. The first-order valence-corrected chi connectivity index (χ1v) is 13.0. The van der Waals surface area contributed by atoms with Gasteiger partial charge in [0.25, 0.3) is 0 Å². The van der Waals surface area contributed by atoms with E-state index >= 15 is 0 Å². The van der Waals surface area contributed by atoms with Crippen LogP contribution in [0.25, 0.3) is 0 Å². The molecule has 0 radical (unpaired) electrons. The van der Waals surface area contributed by atoms with E-state index in [1.807, 2.05) is 30.3 Å². The Morgan fingerprint density at radius 3 is 2.64 bits per heavy atom. The summed E-state index contributed by atoms with van der Waals surface area (Å²) in [4.78, 5) is 19.4. The number of amides is 1. The molecule has 0 spiro atoms. The zero-order chi connectivity index (χ0) is 19.3. The lowest BCUT2D eigenvalue weighted by atomic mass is 9.93. The summed E-state index contributed by atoms with van der Waals surface area (Å²) >= 11 is 1.53. The van der Waals surface area contributed by atoms with E-state index in [1.54, 1.807) is 0 Å². The molecule has 4 aliphatic rings. The molecule has 2 saturated heterocycles. The number of nitrogens with zero attached hydrogens (tertiary/aromatic N) is 2. The number of amidine groups is 1. The predicted molar refractivity (Wildman–Crippen MR) is 112 cm³/mol. The Morgan fingerprint density at radius 1 is 1.11 bits per heavy atom. The number of rotatable bonds is 4. The molecule has 2 bridgehead atoms. The summed E-state index contributed by atoms with van der Waals surface area (Å²) in [5.74, 6) is 1.75. The maximum absolute atomic E-state index is 12.6. The third kappa shape index (κ3) is 3.52. The van der Waals surface area contributed by atoms with Crippen molar-refractivity contribution >= 4 is 32.7 Å². The molecular weight excluding hydrogens is 392 g/mol. The van der Waals surface area contributed by atoms with Gasteiger partial charge in [-0.15, -0.1) is 0 Å². The van der Waals surface area contributed by atoms with E-state index in [2.05, 4.69) is 9.89 Å². The van der Waals surface area contributed by atoms with Crippen molar-refractivity contribution in [3.8, 4) is 0 Å². The van der Waals surface area contributed by atoms with Crippen molar-refractivity contribution < 1.29 is 13.2 Å². The molecule has 1 aromatic rings. The van der Waals surface area contributed by atoms with Crippen LogP contribution < -0.4 is 0 Å². The lowest BCUT2D eigenvalue weighted by Crippen LogP contribution is -2.47. The van der Waals surface area contributed by atoms with Gasteiger partial charge in [0.1, 0.15) is 0 Å². The lowest BCUT2D eigenvalue weighted by molar-refractivity contribution is -0.117. The van der Waals surface area contributed by atoms with Gasteiger partial charge < -0.3 is 4.90 Å². The molecule has 0 unspecified atom stereocenters. The van der Waals surface area contributed by atoms with Crippen LogP contribution in [0, 0.1) is 11.8 Å². The second-order valence-electron chi connectivity index (χ2n) is 8.72. The number of hydrogen-bond donors (Lipinski definition) is 0. The summed E-state index contributed by atoms with van der Waals surface area (Å²) in [6, 6.07) is 10.4. The first kappa shape index (κ1) is 18.7. The smallest absolute Gasteiger partial charge is 0.248 e. The number of fused-ring (bicyclic) bond motifs is 3. The summed E-state index contributed by atoms with van der Waals surface area (Å²) in [5, 5.41) is 0.824. The van der Waals surface area contributed by atoms with Gasteiger partial charge in [0.2, 0.25) is 5.91 Å². The summed E-state index contributed by atoms with van der Waals surface area (Å²) in [6.45, 7) is 0. The molecule has 2 aliphatic heterocycles. The third-order valence-electron chi connectivity index (χ3n) is 6.86. The van der Waals surface area contributed by atoms with Crippen molar-refractivity contribution in [1.82, 2.24) is 4.90 Å².